The molecular formula is C14H17N3O3S2. The zero-order chi connectivity index (χ0) is 15.9. The number of hydrogen-bond donors (Lipinski definition) is 1. The topological polar surface area (TPSA) is 71.5 Å². The van der Waals surface area contributed by atoms with Crippen molar-refractivity contribution in [1.29, 1.82) is 0 Å². The Labute approximate surface area is 133 Å². The highest BCUT2D eigenvalue weighted by molar-refractivity contribution is 7.93. The number of sulfonamides is 1. The lowest BCUT2D eigenvalue weighted by Crippen LogP contribution is -2.29. The zero-order valence-electron chi connectivity index (χ0n) is 12.6. The van der Waals surface area contributed by atoms with E-state index >= 15 is 0 Å². The third kappa shape index (κ3) is 2.76. The molecule has 0 atom stereocenters. The standard InChI is InChI=1S/C14H17N3O3S2/c1-9-10(2)21-14(15-9)16-22(18,19)11-4-5-13-12(8-11)17(3)6-7-20-13/h4-5,8H,6-7H2,1-3H3,(H,15,16). The highest BCUT2D eigenvalue weighted by Gasteiger charge is 2.21. The molecule has 22 heavy (non-hydrogen) atoms. The van der Waals surface area contributed by atoms with Crippen molar-refractivity contribution in [2.45, 2.75) is 18.7 Å². The van der Waals surface area contributed by atoms with Gasteiger partial charge in [-0.05, 0) is 32.0 Å². The summed E-state index contributed by atoms with van der Waals surface area (Å²) in [6, 6.07) is 4.87. The first-order chi connectivity index (χ1) is 10.4. The number of rotatable bonds is 3. The van der Waals surface area contributed by atoms with E-state index in [-0.39, 0.29) is 4.90 Å². The first-order valence-electron chi connectivity index (χ1n) is 6.81. The Balaban J connectivity index is 1.93. The summed E-state index contributed by atoms with van der Waals surface area (Å²) in [4.78, 5) is 7.40. The number of hydrogen-bond acceptors (Lipinski definition) is 6. The minimum Gasteiger partial charge on any atom is -0.490 e. The molecule has 1 aliphatic heterocycles. The van der Waals surface area contributed by atoms with Gasteiger partial charge in [0.15, 0.2) is 5.13 Å². The van der Waals surface area contributed by atoms with Crippen molar-refractivity contribution in [1.82, 2.24) is 4.98 Å². The number of aryl methyl sites for hydroxylation is 2. The fourth-order valence-electron chi connectivity index (χ4n) is 2.19. The van der Waals surface area contributed by atoms with Gasteiger partial charge < -0.3 is 9.64 Å². The largest absolute Gasteiger partial charge is 0.490 e. The molecule has 2 heterocycles. The minimum atomic E-state index is -3.66. The van der Waals surface area contributed by atoms with E-state index in [4.69, 9.17) is 4.74 Å². The molecule has 0 saturated carbocycles. The van der Waals surface area contributed by atoms with Gasteiger partial charge in [-0.2, -0.15) is 0 Å². The van der Waals surface area contributed by atoms with Crippen LogP contribution in [0.1, 0.15) is 10.6 Å². The van der Waals surface area contributed by atoms with Crippen molar-refractivity contribution >= 4 is 32.2 Å². The van der Waals surface area contributed by atoms with Gasteiger partial charge in [0.1, 0.15) is 12.4 Å². The molecule has 0 radical (unpaired) electrons. The SMILES string of the molecule is Cc1nc(NS(=O)(=O)c2ccc3c(c2)N(C)CCO3)sc1C. The monoisotopic (exact) mass is 339 g/mol. The van der Waals surface area contributed by atoms with Gasteiger partial charge in [-0.3, -0.25) is 4.72 Å². The van der Waals surface area contributed by atoms with Crippen LogP contribution in [-0.2, 0) is 10.0 Å². The quantitative estimate of drug-likeness (QED) is 0.930. The molecule has 0 fully saturated rings. The van der Waals surface area contributed by atoms with Crippen LogP contribution in [0, 0.1) is 13.8 Å². The average Bonchev–Trinajstić information content (AvgIpc) is 2.76. The first kappa shape index (κ1) is 15.1. The number of aromatic nitrogens is 1. The van der Waals surface area contributed by atoms with Crippen LogP contribution in [0.2, 0.25) is 0 Å². The molecular weight excluding hydrogens is 322 g/mol. The van der Waals surface area contributed by atoms with E-state index in [9.17, 15) is 8.42 Å². The Morgan fingerprint density at radius 1 is 1.36 bits per heavy atom. The predicted octanol–water partition coefficient (Wildman–Crippen LogP) is 2.39. The summed E-state index contributed by atoms with van der Waals surface area (Å²) in [5, 5.41) is 0.386. The lowest BCUT2D eigenvalue weighted by atomic mass is 10.2. The maximum Gasteiger partial charge on any atom is 0.263 e. The fraction of sp³-hybridized carbons (Fsp3) is 0.357. The maximum atomic E-state index is 12.5. The summed E-state index contributed by atoms with van der Waals surface area (Å²) in [5.41, 5.74) is 1.61. The molecule has 6 nitrogen and oxygen atoms in total. The molecule has 8 heteroatoms. The van der Waals surface area contributed by atoms with Gasteiger partial charge in [0.05, 0.1) is 22.8 Å². The van der Waals surface area contributed by atoms with Gasteiger partial charge in [-0.1, -0.05) is 0 Å². The van der Waals surface area contributed by atoms with Crippen molar-refractivity contribution in [2.75, 3.05) is 29.8 Å². The summed E-state index contributed by atoms with van der Waals surface area (Å²) >= 11 is 1.33. The van der Waals surface area contributed by atoms with Gasteiger partial charge in [0.25, 0.3) is 10.0 Å². The number of anilines is 2. The van der Waals surface area contributed by atoms with Crippen LogP contribution in [0.4, 0.5) is 10.8 Å². The number of likely N-dealkylation sites (N-methyl/N-ethyl adjacent to an activating group) is 1. The Kier molecular flexibility index (Phi) is 3.73. The van der Waals surface area contributed by atoms with Gasteiger partial charge in [0.2, 0.25) is 0 Å². The number of ether oxygens (including phenoxy) is 1. The summed E-state index contributed by atoms with van der Waals surface area (Å²) in [6.45, 7) is 5.10. The van der Waals surface area contributed by atoms with Crippen LogP contribution in [0.5, 0.6) is 5.75 Å². The third-order valence-electron chi connectivity index (χ3n) is 3.59. The molecule has 0 aliphatic carbocycles. The summed E-state index contributed by atoms with van der Waals surface area (Å²) in [7, 11) is -1.74. The number of nitrogens with zero attached hydrogens (tertiary/aromatic N) is 2. The number of nitrogens with one attached hydrogen (secondary N) is 1. The molecule has 0 spiro atoms. The minimum absolute atomic E-state index is 0.203. The van der Waals surface area contributed by atoms with Gasteiger partial charge in [-0.25, -0.2) is 13.4 Å². The molecule has 1 N–H and O–H groups in total. The van der Waals surface area contributed by atoms with E-state index in [1.807, 2.05) is 25.8 Å². The van der Waals surface area contributed by atoms with E-state index < -0.39 is 10.0 Å². The maximum absolute atomic E-state index is 12.5. The molecule has 0 bridgehead atoms. The van der Waals surface area contributed by atoms with Crippen molar-refractivity contribution in [3.05, 3.63) is 28.8 Å². The smallest absolute Gasteiger partial charge is 0.263 e. The third-order valence-corrected chi connectivity index (χ3v) is 6.04. The molecule has 0 unspecified atom stereocenters. The predicted molar refractivity (Wildman–Crippen MR) is 87.6 cm³/mol. The van der Waals surface area contributed by atoms with Crippen molar-refractivity contribution < 1.29 is 13.2 Å². The second-order valence-corrected chi connectivity index (χ2v) is 8.05. The van der Waals surface area contributed by atoms with Crippen LogP contribution < -0.4 is 14.4 Å². The van der Waals surface area contributed by atoms with E-state index in [2.05, 4.69) is 9.71 Å². The summed E-state index contributed by atoms with van der Waals surface area (Å²) < 4.78 is 33.1. The van der Waals surface area contributed by atoms with E-state index in [0.29, 0.717) is 17.5 Å². The van der Waals surface area contributed by atoms with Gasteiger partial charge >= 0.3 is 0 Å². The first-order valence-corrected chi connectivity index (χ1v) is 9.11. The molecule has 1 aromatic carbocycles. The highest BCUT2D eigenvalue weighted by atomic mass is 32.2. The van der Waals surface area contributed by atoms with Crippen molar-refractivity contribution in [3.8, 4) is 5.75 Å². The Bertz CT molecular complexity index is 795. The fourth-order valence-corrected chi connectivity index (χ4v) is 4.26. The van der Waals surface area contributed by atoms with Crippen LogP contribution >= 0.6 is 11.3 Å². The number of fused-ring (bicyclic) bond motifs is 1. The van der Waals surface area contributed by atoms with Gasteiger partial charge in [-0.15, -0.1) is 11.3 Å². The van der Waals surface area contributed by atoms with Gasteiger partial charge in [0, 0.05) is 11.9 Å². The molecule has 118 valence electrons. The van der Waals surface area contributed by atoms with Crippen LogP contribution in [-0.4, -0.2) is 33.6 Å². The lowest BCUT2D eigenvalue weighted by molar-refractivity contribution is 0.311. The average molecular weight is 339 g/mol. The molecule has 1 aliphatic rings. The molecule has 2 aromatic rings. The molecule has 0 amide bonds. The van der Waals surface area contributed by atoms with E-state index in [1.54, 1.807) is 18.2 Å². The normalized spacial score (nSPS) is 14.4. The van der Waals surface area contributed by atoms with Crippen molar-refractivity contribution in [3.63, 3.8) is 0 Å². The number of thiazole rings is 1. The van der Waals surface area contributed by atoms with E-state index in [0.717, 1.165) is 22.8 Å². The molecule has 1 aromatic heterocycles. The van der Waals surface area contributed by atoms with E-state index in [1.165, 1.54) is 11.3 Å². The lowest BCUT2D eigenvalue weighted by Gasteiger charge is -2.27. The number of benzene rings is 1. The highest BCUT2D eigenvalue weighted by Crippen LogP contribution is 2.33. The molecule has 0 saturated heterocycles. The van der Waals surface area contributed by atoms with Crippen LogP contribution in [0.3, 0.4) is 0 Å². The summed E-state index contributed by atoms with van der Waals surface area (Å²) in [6.07, 6.45) is 0. The Morgan fingerprint density at radius 3 is 2.82 bits per heavy atom. The summed E-state index contributed by atoms with van der Waals surface area (Å²) in [5.74, 6) is 0.702. The second kappa shape index (κ2) is 5.44. The van der Waals surface area contributed by atoms with Crippen LogP contribution in [0.25, 0.3) is 0 Å². The van der Waals surface area contributed by atoms with Crippen molar-refractivity contribution in [2.24, 2.45) is 0 Å². The second-order valence-electron chi connectivity index (χ2n) is 5.17. The Hall–Kier alpha value is -1.80. The molecule has 3 rings (SSSR count). The van der Waals surface area contributed by atoms with Crippen LogP contribution in [0.15, 0.2) is 23.1 Å². The zero-order valence-corrected chi connectivity index (χ0v) is 14.2. The Morgan fingerprint density at radius 2 is 2.14 bits per heavy atom.